The van der Waals surface area contributed by atoms with E-state index >= 15 is 0 Å². The summed E-state index contributed by atoms with van der Waals surface area (Å²) < 4.78 is 5.19. The van der Waals surface area contributed by atoms with Crippen LogP contribution in [0, 0.1) is 6.92 Å². The van der Waals surface area contributed by atoms with Crippen molar-refractivity contribution in [2.45, 2.75) is 38.6 Å². The molecule has 0 radical (unpaired) electrons. The second-order valence-corrected chi connectivity index (χ2v) is 11.0. The van der Waals surface area contributed by atoms with E-state index in [1.807, 2.05) is 55.2 Å². The van der Waals surface area contributed by atoms with Gasteiger partial charge in [-0.2, -0.15) is 4.98 Å². The minimum absolute atomic E-state index is 0.00518. The van der Waals surface area contributed by atoms with Crippen molar-refractivity contribution in [1.29, 1.82) is 0 Å². The highest BCUT2D eigenvalue weighted by molar-refractivity contribution is 5.89. The van der Waals surface area contributed by atoms with Gasteiger partial charge in [0.2, 0.25) is 5.91 Å². The number of rotatable bonds is 9. The lowest BCUT2D eigenvalue weighted by Gasteiger charge is -2.36. The van der Waals surface area contributed by atoms with E-state index in [1.54, 1.807) is 12.4 Å². The Balaban J connectivity index is 1.21. The van der Waals surface area contributed by atoms with Crippen molar-refractivity contribution in [2.24, 2.45) is 0 Å². The number of amides is 2. The maximum absolute atomic E-state index is 12.6. The molecule has 1 aromatic carbocycles. The van der Waals surface area contributed by atoms with Gasteiger partial charge in [0.15, 0.2) is 5.82 Å². The molecule has 0 unspecified atom stereocenters. The van der Waals surface area contributed by atoms with Gasteiger partial charge in [0.05, 0.1) is 17.6 Å². The number of nitrogens with one attached hydrogen (secondary N) is 1. The number of nitrogens with zero attached hydrogens (tertiary/aromatic N) is 7. The monoisotopic (exact) mass is 544 g/mol. The molecule has 11 heteroatoms. The number of carbonyl (C=O) groups excluding carboxylic acids is 2. The topological polar surface area (TPSA) is 121 Å². The predicted molar refractivity (Wildman–Crippen MR) is 151 cm³/mol. The molecule has 0 spiro atoms. The Kier molecular flexibility index (Phi) is 7.92. The SMILES string of the molecule is Cc1cc(-c2ncncc2N2CCN(C(=O)/C=C/CN(C)C)CC2)ccc1CNC(=O)c1nc(C2(C)CC2)no1. The molecule has 1 aliphatic carbocycles. The number of carbonyl (C=O) groups is 2. The van der Waals surface area contributed by atoms with E-state index in [0.717, 1.165) is 47.5 Å². The van der Waals surface area contributed by atoms with Crippen molar-refractivity contribution >= 4 is 17.5 Å². The summed E-state index contributed by atoms with van der Waals surface area (Å²) >= 11 is 0. The molecule has 3 aromatic rings. The Morgan fingerprint density at radius 3 is 2.65 bits per heavy atom. The van der Waals surface area contributed by atoms with Crippen molar-refractivity contribution in [1.82, 2.24) is 35.2 Å². The lowest BCUT2D eigenvalue weighted by molar-refractivity contribution is -0.126. The van der Waals surface area contributed by atoms with Gasteiger partial charge in [0.25, 0.3) is 0 Å². The lowest BCUT2D eigenvalue weighted by atomic mass is 10.0. The molecular weight excluding hydrogens is 508 g/mol. The zero-order valence-corrected chi connectivity index (χ0v) is 23.6. The van der Waals surface area contributed by atoms with Crippen molar-refractivity contribution in [3.63, 3.8) is 0 Å². The van der Waals surface area contributed by atoms with Crippen LogP contribution in [0.1, 0.15) is 47.4 Å². The molecule has 210 valence electrons. The summed E-state index contributed by atoms with van der Waals surface area (Å²) in [5, 5.41) is 6.87. The molecule has 3 heterocycles. The van der Waals surface area contributed by atoms with Gasteiger partial charge in [0.1, 0.15) is 6.33 Å². The highest BCUT2D eigenvalue weighted by Gasteiger charge is 2.44. The van der Waals surface area contributed by atoms with Gasteiger partial charge in [-0.3, -0.25) is 9.59 Å². The van der Waals surface area contributed by atoms with Crippen molar-refractivity contribution in [3.8, 4) is 11.3 Å². The van der Waals surface area contributed by atoms with Gasteiger partial charge in [-0.1, -0.05) is 30.3 Å². The number of aromatic nitrogens is 4. The molecule has 1 aliphatic heterocycles. The Hall–Kier alpha value is -4.12. The van der Waals surface area contributed by atoms with Crippen LogP contribution in [0.2, 0.25) is 0 Å². The van der Waals surface area contributed by atoms with Gasteiger partial charge < -0.3 is 24.5 Å². The average Bonchev–Trinajstić information content (AvgIpc) is 3.50. The molecule has 2 aliphatic rings. The first-order valence-corrected chi connectivity index (χ1v) is 13.6. The molecule has 2 aromatic heterocycles. The standard InChI is InChI=1S/C29H36N8O3/c1-20-16-21(7-8-22(20)17-31-26(39)27-33-28(34-40-27)29(2)9-10-29)25-23(18-30-19-32-25)36-12-14-37(15-13-36)24(38)6-5-11-35(3)4/h5-8,16,18-19H,9-15,17H2,1-4H3,(H,31,39)/b6-5+. The lowest BCUT2D eigenvalue weighted by Crippen LogP contribution is -2.48. The van der Waals surface area contributed by atoms with Gasteiger partial charge in [-0.25, -0.2) is 9.97 Å². The van der Waals surface area contributed by atoms with E-state index in [0.29, 0.717) is 38.5 Å². The summed E-state index contributed by atoms with van der Waals surface area (Å²) in [6, 6.07) is 6.08. The fourth-order valence-corrected chi connectivity index (χ4v) is 4.68. The molecule has 0 atom stereocenters. The average molecular weight is 545 g/mol. The largest absolute Gasteiger partial charge is 0.365 e. The summed E-state index contributed by atoms with van der Waals surface area (Å²) in [4.78, 5) is 44.4. The first kappa shape index (κ1) is 27.4. The van der Waals surface area contributed by atoms with Crippen LogP contribution in [-0.4, -0.2) is 88.5 Å². The molecular formula is C29H36N8O3. The Labute approximate surface area is 234 Å². The zero-order chi connectivity index (χ0) is 28.3. The smallest absolute Gasteiger partial charge is 0.315 e. The molecule has 0 bridgehead atoms. The first-order valence-electron chi connectivity index (χ1n) is 13.6. The van der Waals surface area contributed by atoms with Crippen LogP contribution in [0.3, 0.4) is 0 Å². The summed E-state index contributed by atoms with van der Waals surface area (Å²) in [6.45, 7) is 7.84. The molecule has 5 rings (SSSR count). The Morgan fingerprint density at radius 1 is 1.18 bits per heavy atom. The third-order valence-corrected chi connectivity index (χ3v) is 7.57. The Morgan fingerprint density at radius 2 is 1.95 bits per heavy atom. The van der Waals surface area contributed by atoms with Crippen molar-refractivity contribution in [3.05, 3.63) is 65.7 Å². The fraction of sp³-hybridized carbons (Fsp3) is 0.448. The highest BCUT2D eigenvalue weighted by atomic mass is 16.5. The predicted octanol–water partition coefficient (Wildman–Crippen LogP) is 2.58. The first-order chi connectivity index (χ1) is 19.2. The molecule has 2 fully saturated rings. The Bertz CT molecular complexity index is 1400. The van der Waals surface area contributed by atoms with Crippen molar-refractivity contribution in [2.75, 3.05) is 51.7 Å². The van der Waals surface area contributed by atoms with Crippen LogP contribution in [0.4, 0.5) is 5.69 Å². The third kappa shape index (κ3) is 6.20. The highest BCUT2D eigenvalue weighted by Crippen LogP contribution is 2.45. The van der Waals surface area contributed by atoms with E-state index in [2.05, 4.69) is 43.3 Å². The van der Waals surface area contributed by atoms with E-state index < -0.39 is 0 Å². The molecule has 2 amide bonds. The van der Waals surface area contributed by atoms with Crippen LogP contribution >= 0.6 is 0 Å². The minimum Gasteiger partial charge on any atom is -0.365 e. The van der Waals surface area contributed by atoms with Crippen LogP contribution in [0.25, 0.3) is 11.3 Å². The molecule has 1 N–H and O–H groups in total. The normalized spacial score (nSPS) is 16.5. The third-order valence-electron chi connectivity index (χ3n) is 7.57. The van der Waals surface area contributed by atoms with Crippen molar-refractivity contribution < 1.29 is 14.1 Å². The summed E-state index contributed by atoms with van der Waals surface area (Å²) in [5.74, 6) is 0.259. The molecule has 11 nitrogen and oxygen atoms in total. The van der Waals surface area contributed by atoms with Gasteiger partial charge >= 0.3 is 11.8 Å². The zero-order valence-electron chi connectivity index (χ0n) is 23.6. The molecule has 40 heavy (non-hydrogen) atoms. The summed E-state index contributed by atoms with van der Waals surface area (Å²) in [7, 11) is 3.95. The van der Waals surface area contributed by atoms with E-state index in [4.69, 9.17) is 4.52 Å². The number of anilines is 1. The number of hydrogen-bond donors (Lipinski definition) is 1. The minimum atomic E-state index is -0.379. The maximum Gasteiger partial charge on any atom is 0.315 e. The molecule has 1 saturated heterocycles. The van der Waals surface area contributed by atoms with E-state index in [9.17, 15) is 9.59 Å². The fourth-order valence-electron chi connectivity index (χ4n) is 4.68. The molecule has 1 saturated carbocycles. The van der Waals surface area contributed by atoms with Gasteiger partial charge in [-0.05, 0) is 51.1 Å². The summed E-state index contributed by atoms with van der Waals surface area (Å²) in [5.41, 5.74) is 4.70. The van der Waals surface area contributed by atoms with Gasteiger partial charge in [-0.15, -0.1) is 0 Å². The summed E-state index contributed by atoms with van der Waals surface area (Å²) in [6.07, 6.45) is 8.97. The number of likely N-dealkylation sites (N-methyl/N-ethyl adjacent to an activating group) is 1. The second kappa shape index (κ2) is 11.5. The van der Waals surface area contributed by atoms with Gasteiger partial charge in [0, 0.05) is 56.3 Å². The quantitative estimate of drug-likeness (QED) is 0.405. The van der Waals surface area contributed by atoms with Crippen LogP contribution in [0.15, 0.2) is 47.4 Å². The maximum atomic E-state index is 12.6. The number of piperazine rings is 1. The second-order valence-electron chi connectivity index (χ2n) is 11.0. The number of hydrogen-bond acceptors (Lipinski definition) is 9. The number of benzene rings is 1. The van der Waals surface area contributed by atoms with Crippen LogP contribution in [-0.2, 0) is 16.8 Å². The number of aryl methyl sites for hydroxylation is 1. The van der Waals surface area contributed by atoms with Crippen LogP contribution < -0.4 is 10.2 Å². The van der Waals surface area contributed by atoms with Crippen LogP contribution in [0.5, 0.6) is 0 Å². The van der Waals surface area contributed by atoms with E-state index in [1.165, 1.54) is 0 Å². The van der Waals surface area contributed by atoms with E-state index in [-0.39, 0.29) is 23.1 Å².